The minimum absolute atomic E-state index is 0.399. The first-order chi connectivity index (χ1) is 7.32. The summed E-state index contributed by atoms with van der Waals surface area (Å²) >= 11 is 0. The summed E-state index contributed by atoms with van der Waals surface area (Å²) in [5.41, 5.74) is 7.90. The lowest BCUT2D eigenvalue weighted by molar-refractivity contribution is 0.157. The lowest BCUT2D eigenvalue weighted by atomic mass is 9.71. The number of nitrogens with two attached hydrogens (primary N) is 1. The van der Waals surface area contributed by atoms with Gasteiger partial charge in [0.25, 0.3) is 0 Å². The average Bonchev–Trinajstić information content (AvgIpc) is 2.36. The molecule has 2 rings (SSSR count). The lowest BCUT2D eigenvalue weighted by Gasteiger charge is -2.34. The van der Waals surface area contributed by atoms with Crippen molar-refractivity contribution < 1.29 is 0 Å². The standard InChI is InChI=1S/C14H22N2/c1-13(2)8-11(9-14(13,3)4)10-5-6-16-12(15)7-10/h5-7,11H,8-9H2,1-4H3,(H2,15,16). The number of nitrogens with zero attached hydrogens (tertiary/aromatic N) is 1. The Morgan fingerprint density at radius 3 is 2.25 bits per heavy atom. The Balaban J connectivity index is 2.27. The van der Waals surface area contributed by atoms with Gasteiger partial charge in [-0.2, -0.15) is 0 Å². The lowest BCUT2D eigenvalue weighted by Crippen LogP contribution is -2.25. The molecule has 1 heterocycles. The molecule has 0 atom stereocenters. The Morgan fingerprint density at radius 1 is 1.19 bits per heavy atom. The van der Waals surface area contributed by atoms with Gasteiger partial charge < -0.3 is 5.73 Å². The van der Waals surface area contributed by atoms with Crippen LogP contribution in [0.1, 0.15) is 52.0 Å². The molecule has 0 bridgehead atoms. The van der Waals surface area contributed by atoms with Crippen LogP contribution in [0.4, 0.5) is 5.82 Å². The number of rotatable bonds is 1. The third-order valence-electron chi connectivity index (χ3n) is 4.62. The van der Waals surface area contributed by atoms with Crippen molar-refractivity contribution in [3.8, 4) is 0 Å². The third-order valence-corrected chi connectivity index (χ3v) is 4.62. The second-order valence-corrected chi connectivity index (χ2v) is 6.39. The van der Waals surface area contributed by atoms with Crippen molar-refractivity contribution in [1.82, 2.24) is 4.98 Å². The molecule has 2 heteroatoms. The van der Waals surface area contributed by atoms with Crippen molar-refractivity contribution in [3.63, 3.8) is 0 Å². The molecule has 16 heavy (non-hydrogen) atoms. The summed E-state index contributed by atoms with van der Waals surface area (Å²) in [6.07, 6.45) is 4.30. The number of nitrogen functional groups attached to an aromatic ring is 1. The smallest absolute Gasteiger partial charge is 0.123 e. The van der Waals surface area contributed by atoms with E-state index < -0.39 is 0 Å². The maximum absolute atomic E-state index is 5.75. The van der Waals surface area contributed by atoms with E-state index >= 15 is 0 Å². The molecule has 0 aliphatic heterocycles. The quantitative estimate of drug-likeness (QED) is 0.782. The van der Waals surface area contributed by atoms with Gasteiger partial charge in [0.2, 0.25) is 0 Å². The first kappa shape index (κ1) is 11.4. The van der Waals surface area contributed by atoms with Gasteiger partial charge in [0.05, 0.1) is 0 Å². The van der Waals surface area contributed by atoms with Gasteiger partial charge in [0.1, 0.15) is 5.82 Å². The average molecular weight is 218 g/mol. The van der Waals surface area contributed by atoms with Crippen molar-refractivity contribution in [2.24, 2.45) is 10.8 Å². The van der Waals surface area contributed by atoms with Crippen molar-refractivity contribution in [2.45, 2.75) is 46.5 Å². The van der Waals surface area contributed by atoms with Crippen LogP contribution in [0.25, 0.3) is 0 Å². The summed E-state index contributed by atoms with van der Waals surface area (Å²) in [5, 5.41) is 0. The molecule has 0 aromatic carbocycles. The number of pyridine rings is 1. The van der Waals surface area contributed by atoms with Gasteiger partial charge in [-0.25, -0.2) is 4.98 Å². The Morgan fingerprint density at radius 2 is 1.75 bits per heavy atom. The molecule has 1 aromatic heterocycles. The van der Waals surface area contributed by atoms with Crippen molar-refractivity contribution in [1.29, 1.82) is 0 Å². The molecule has 88 valence electrons. The molecule has 1 fully saturated rings. The highest BCUT2D eigenvalue weighted by Gasteiger charge is 2.46. The van der Waals surface area contributed by atoms with Gasteiger partial charge in [0, 0.05) is 6.20 Å². The Hall–Kier alpha value is -1.05. The summed E-state index contributed by atoms with van der Waals surface area (Å²) in [5.74, 6) is 1.27. The van der Waals surface area contributed by atoms with Crippen LogP contribution >= 0.6 is 0 Å². The fraction of sp³-hybridized carbons (Fsp3) is 0.643. The van der Waals surface area contributed by atoms with Crippen molar-refractivity contribution in [3.05, 3.63) is 23.9 Å². The number of aromatic nitrogens is 1. The highest BCUT2D eigenvalue weighted by Crippen LogP contribution is 2.57. The summed E-state index contributed by atoms with van der Waals surface area (Å²) in [6, 6.07) is 4.14. The van der Waals surface area contributed by atoms with Gasteiger partial charge in [-0.1, -0.05) is 27.7 Å². The molecular weight excluding hydrogens is 196 g/mol. The third kappa shape index (κ3) is 1.81. The SMILES string of the molecule is CC1(C)CC(c2ccnc(N)c2)CC1(C)C. The summed E-state index contributed by atoms with van der Waals surface area (Å²) < 4.78 is 0. The largest absolute Gasteiger partial charge is 0.384 e. The predicted molar refractivity (Wildman–Crippen MR) is 68.2 cm³/mol. The fourth-order valence-electron chi connectivity index (χ4n) is 2.81. The van der Waals surface area contributed by atoms with E-state index in [2.05, 4.69) is 38.7 Å². The predicted octanol–water partition coefficient (Wildman–Crippen LogP) is 3.59. The van der Waals surface area contributed by atoms with Crippen LogP contribution in [0, 0.1) is 10.8 Å². The zero-order valence-electron chi connectivity index (χ0n) is 10.7. The summed E-state index contributed by atoms with van der Waals surface area (Å²) in [7, 11) is 0. The van der Waals surface area contributed by atoms with Crippen LogP contribution < -0.4 is 5.73 Å². The van der Waals surface area contributed by atoms with Crippen LogP contribution in [0.15, 0.2) is 18.3 Å². The Bertz CT molecular complexity index is 377. The van der Waals surface area contributed by atoms with Gasteiger partial charge in [-0.05, 0) is 47.3 Å². The van der Waals surface area contributed by atoms with Crippen molar-refractivity contribution >= 4 is 5.82 Å². The zero-order valence-corrected chi connectivity index (χ0v) is 10.7. The van der Waals surface area contributed by atoms with Crippen LogP contribution in [-0.4, -0.2) is 4.98 Å². The van der Waals surface area contributed by atoms with E-state index in [0.717, 1.165) is 0 Å². The highest BCUT2D eigenvalue weighted by molar-refractivity contribution is 5.34. The van der Waals surface area contributed by atoms with Gasteiger partial charge >= 0.3 is 0 Å². The first-order valence-corrected chi connectivity index (χ1v) is 6.03. The van der Waals surface area contributed by atoms with Crippen molar-refractivity contribution in [2.75, 3.05) is 5.73 Å². The maximum atomic E-state index is 5.75. The molecule has 1 aromatic rings. The second-order valence-electron chi connectivity index (χ2n) is 6.39. The molecule has 0 unspecified atom stereocenters. The molecule has 0 saturated heterocycles. The summed E-state index contributed by atoms with van der Waals surface area (Å²) in [6.45, 7) is 9.49. The summed E-state index contributed by atoms with van der Waals surface area (Å²) in [4.78, 5) is 4.06. The van der Waals surface area contributed by atoms with Gasteiger partial charge in [-0.15, -0.1) is 0 Å². The van der Waals surface area contributed by atoms with E-state index in [0.29, 0.717) is 22.6 Å². The monoisotopic (exact) mass is 218 g/mol. The zero-order chi connectivity index (χ0) is 12.0. The molecule has 1 aliphatic rings. The Labute approximate surface area is 98.3 Å². The molecular formula is C14H22N2. The van der Waals surface area contributed by atoms with E-state index in [1.54, 1.807) is 0 Å². The number of hydrogen-bond acceptors (Lipinski definition) is 2. The van der Waals surface area contributed by atoms with E-state index in [1.807, 2.05) is 12.3 Å². The van der Waals surface area contributed by atoms with Gasteiger partial charge in [-0.3, -0.25) is 0 Å². The van der Waals surface area contributed by atoms with E-state index in [1.165, 1.54) is 18.4 Å². The fourth-order valence-corrected chi connectivity index (χ4v) is 2.81. The topological polar surface area (TPSA) is 38.9 Å². The van der Waals surface area contributed by atoms with Gasteiger partial charge in [0.15, 0.2) is 0 Å². The van der Waals surface area contributed by atoms with E-state index in [9.17, 15) is 0 Å². The molecule has 2 N–H and O–H groups in total. The van der Waals surface area contributed by atoms with Crippen LogP contribution in [0.2, 0.25) is 0 Å². The van der Waals surface area contributed by atoms with E-state index in [-0.39, 0.29) is 0 Å². The molecule has 0 amide bonds. The molecule has 2 nitrogen and oxygen atoms in total. The molecule has 1 aliphatic carbocycles. The minimum atomic E-state index is 0.399. The number of hydrogen-bond donors (Lipinski definition) is 1. The normalized spacial score (nSPS) is 23.5. The van der Waals surface area contributed by atoms with E-state index in [4.69, 9.17) is 5.73 Å². The van der Waals surface area contributed by atoms with Crippen LogP contribution in [0.3, 0.4) is 0 Å². The minimum Gasteiger partial charge on any atom is -0.384 e. The molecule has 0 radical (unpaired) electrons. The second kappa shape index (κ2) is 3.47. The van der Waals surface area contributed by atoms with Crippen LogP contribution in [0.5, 0.6) is 0 Å². The molecule has 1 saturated carbocycles. The first-order valence-electron chi connectivity index (χ1n) is 6.03. The molecule has 0 spiro atoms. The Kier molecular flexibility index (Phi) is 2.48. The van der Waals surface area contributed by atoms with Crippen LogP contribution in [-0.2, 0) is 0 Å². The highest BCUT2D eigenvalue weighted by atomic mass is 14.8. The maximum Gasteiger partial charge on any atom is 0.123 e. The number of anilines is 1.